The van der Waals surface area contributed by atoms with Crippen LogP contribution >= 0.6 is 0 Å². The molecule has 0 saturated heterocycles. The highest BCUT2D eigenvalue weighted by atomic mass is 16.3. The number of aromatic nitrogens is 2. The zero-order valence-corrected chi connectivity index (χ0v) is 9.84. The fourth-order valence-corrected chi connectivity index (χ4v) is 2.43. The molecular formula is C12H21N3O. The molecule has 1 unspecified atom stereocenters. The van der Waals surface area contributed by atoms with Gasteiger partial charge >= 0.3 is 0 Å². The van der Waals surface area contributed by atoms with Crippen LogP contribution in [0.4, 0.5) is 0 Å². The maximum Gasteiger partial charge on any atom is 0.0946 e. The first-order chi connectivity index (χ1) is 7.75. The first kappa shape index (κ1) is 11.6. The van der Waals surface area contributed by atoms with E-state index in [4.69, 9.17) is 0 Å². The van der Waals surface area contributed by atoms with Gasteiger partial charge in [0, 0.05) is 31.0 Å². The fraction of sp³-hybridized carbons (Fsp3) is 0.750. The van der Waals surface area contributed by atoms with E-state index in [0.717, 1.165) is 25.8 Å². The van der Waals surface area contributed by atoms with Crippen LogP contribution in [0.1, 0.15) is 32.6 Å². The Labute approximate surface area is 96.7 Å². The van der Waals surface area contributed by atoms with Gasteiger partial charge in [0.15, 0.2) is 0 Å². The van der Waals surface area contributed by atoms with E-state index in [2.05, 4.69) is 21.8 Å². The molecule has 2 rings (SSSR count). The topological polar surface area (TPSA) is 50.1 Å². The summed E-state index contributed by atoms with van der Waals surface area (Å²) in [5.74, 6) is 0. The minimum Gasteiger partial charge on any atom is -0.392 e. The molecule has 0 radical (unpaired) electrons. The first-order valence-electron chi connectivity index (χ1n) is 6.15. The van der Waals surface area contributed by atoms with Crippen LogP contribution in [0.3, 0.4) is 0 Å². The van der Waals surface area contributed by atoms with Crippen LogP contribution in [0.5, 0.6) is 0 Å². The van der Waals surface area contributed by atoms with Gasteiger partial charge in [0.25, 0.3) is 0 Å². The predicted octanol–water partition coefficient (Wildman–Crippen LogP) is 1.16. The van der Waals surface area contributed by atoms with Crippen molar-refractivity contribution in [3.8, 4) is 0 Å². The lowest BCUT2D eigenvalue weighted by atomic mass is 9.92. The maximum absolute atomic E-state index is 9.86. The van der Waals surface area contributed by atoms with E-state index in [1.165, 1.54) is 6.42 Å². The second kappa shape index (κ2) is 5.46. The number of aliphatic hydroxyl groups is 1. The number of hydrogen-bond donors (Lipinski definition) is 2. The van der Waals surface area contributed by atoms with Gasteiger partial charge in [-0.2, -0.15) is 0 Å². The van der Waals surface area contributed by atoms with Gasteiger partial charge in [-0.15, -0.1) is 0 Å². The highest BCUT2D eigenvalue weighted by molar-refractivity contribution is 4.83. The second-order valence-corrected chi connectivity index (χ2v) is 4.79. The lowest BCUT2D eigenvalue weighted by Gasteiger charge is -2.31. The Morgan fingerprint density at radius 2 is 2.31 bits per heavy atom. The quantitative estimate of drug-likeness (QED) is 0.805. The molecule has 1 aromatic rings. The maximum atomic E-state index is 9.86. The Hall–Kier alpha value is -0.870. The van der Waals surface area contributed by atoms with Gasteiger partial charge in [-0.25, -0.2) is 4.98 Å². The molecule has 1 aliphatic rings. The van der Waals surface area contributed by atoms with Crippen molar-refractivity contribution in [2.24, 2.45) is 0 Å². The van der Waals surface area contributed by atoms with Crippen molar-refractivity contribution in [1.29, 1.82) is 0 Å². The van der Waals surface area contributed by atoms with Crippen LogP contribution in [0, 0.1) is 0 Å². The minimum absolute atomic E-state index is 0.168. The summed E-state index contributed by atoms with van der Waals surface area (Å²) in [5, 5.41) is 13.4. The number of nitrogens with one attached hydrogen (secondary N) is 1. The summed E-state index contributed by atoms with van der Waals surface area (Å²) in [4.78, 5) is 4.02. The van der Waals surface area contributed by atoms with Gasteiger partial charge < -0.3 is 15.0 Å². The van der Waals surface area contributed by atoms with E-state index in [1.54, 1.807) is 6.20 Å². The highest BCUT2D eigenvalue weighted by Gasteiger charge is 2.23. The molecule has 1 aromatic heterocycles. The van der Waals surface area contributed by atoms with Crippen molar-refractivity contribution >= 4 is 0 Å². The smallest absolute Gasteiger partial charge is 0.0946 e. The molecule has 4 heteroatoms. The normalized spacial score (nSPS) is 27.9. The van der Waals surface area contributed by atoms with Crippen LogP contribution in [0.15, 0.2) is 18.7 Å². The average molecular weight is 223 g/mol. The van der Waals surface area contributed by atoms with E-state index in [-0.39, 0.29) is 12.1 Å². The van der Waals surface area contributed by atoms with Gasteiger partial charge in [0.05, 0.1) is 12.4 Å². The molecule has 0 aliphatic heterocycles. The summed E-state index contributed by atoms with van der Waals surface area (Å²) in [6, 6.07) is 0.638. The molecule has 0 bridgehead atoms. The van der Waals surface area contributed by atoms with E-state index >= 15 is 0 Å². The molecule has 90 valence electrons. The van der Waals surface area contributed by atoms with Gasteiger partial charge in [-0.05, 0) is 19.8 Å². The Morgan fingerprint density at radius 3 is 3.00 bits per heavy atom. The molecule has 0 aromatic carbocycles. The number of nitrogens with zero attached hydrogens (tertiary/aromatic N) is 2. The van der Waals surface area contributed by atoms with Crippen molar-refractivity contribution in [3.63, 3.8) is 0 Å². The Bertz CT molecular complexity index is 299. The molecule has 3 atom stereocenters. The van der Waals surface area contributed by atoms with Crippen molar-refractivity contribution in [2.75, 3.05) is 0 Å². The fourth-order valence-electron chi connectivity index (χ4n) is 2.43. The standard InChI is InChI=1S/C12H21N3O/c1-10(8-15-7-6-13-9-15)14-11-4-2-3-5-12(11)16/h6-7,9-12,14,16H,2-5,8H2,1H3/t10?,11-,12-/m0/s1. The lowest BCUT2D eigenvalue weighted by Crippen LogP contribution is -2.47. The lowest BCUT2D eigenvalue weighted by molar-refractivity contribution is 0.0847. The summed E-state index contributed by atoms with van der Waals surface area (Å²) >= 11 is 0. The van der Waals surface area contributed by atoms with E-state index < -0.39 is 0 Å². The number of aliphatic hydroxyl groups excluding tert-OH is 1. The number of imidazole rings is 1. The molecule has 1 heterocycles. The molecule has 1 aliphatic carbocycles. The molecule has 1 saturated carbocycles. The van der Waals surface area contributed by atoms with Crippen molar-refractivity contribution < 1.29 is 5.11 Å². The SMILES string of the molecule is CC(Cn1ccnc1)N[C@H]1CCCC[C@@H]1O. The Kier molecular flexibility index (Phi) is 3.96. The van der Waals surface area contributed by atoms with E-state index in [0.29, 0.717) is 6.04 Å². The zero-order valence-electron chi connectivity index (χ0n) is 9.84. The van der Waals surface area contributed by atoms with Crippen LogP contribution in [0.25, 0.3) is 0 Å². The summed E-state index contributed by atoms with van der Waals surface area (Å²) in [5.41, 5.74) is 0. The van der Waals surface area contributed by atoms with Crippen molar-refractivity contribution in [2.45, 2.75) is 57.3 Å². The van der Waals surface area contributed by atoms with E-state index in [9.17, 15) is 5.11 Å². The zero-order chi connectivity index (χ0) is 11.4. The summed E-state index contributed by atoms with van der Waals surface area (Å²) in [6.45, 7) is 3.06. The third-order valence-corrected chi connectivity index (χ3v) is 3.27. The third kappa shape index (κ3) is 3.06. The number of rotatable bonds is 4. The molecular weight excluding hydrogens is 202 g/mol. The molecule has 1 fully saturated rings. The van der Waals surface area contributed by atoms with Gasteiger partial charge in [-0.3, -0.25) is 0 Å². The first-order valence-corrected chi connectivity index (χ1v) is 6.15. The van der Waals surface area contributed by atoms with Gasteiger partial charge in [0.2, 0.25) is 0 Å². The molecule has 16 heavy (non-hydrogen) atoms. The Morgan fingerprint density at radius 1 is 1.50 bits per heavy atom. The monoisotopic (exact) mass is 223 g/mol. The van der Waals surface area contributed by atoms with Crippen LogP contribution in [0.2, 0.25) is 0 Å². The third-order valence-electron chi connectivity index (χ3n) is 3.27. The Balaban J connectivity index is 1.79. The molecule has 0 spiro atoms. The number of hydrogen-bond acceptors (Lipinski definition) is 3. The van der Waals surface area contributed by atoms with Gasteiger partial charge in [0.1, 0.15) is 0 Å². The summed E-state index contributed by atoms with van der Waals surface area (Å²) in [7, 11) is 0. The highest BCUT2D eigenvalue weighted by Crippen LogP contribution is 2.18. The average Bonchev–Trinajstić information content (AvgIpc) is 2.74. The van der Waals surface area contributed by atoms with Gasteiger partial charge in [-0.1, -0.05) is 12.8 Å². The van der Waals surface area contributed by atoms with Crippen LogP contribution < -0.4 is 5.32 Å². The van der Waals surface area contributed by atoms with Crippen molar-refractivity contribution in [1.82, 2.24) is 14.9 Å². The predicted molar refractivity (Wildman–Crippen MR) is 63.1 cm³/mol. The molecule has 0 amide bonds. The van der Waals surface area contributed by atoms with E-state index in [1.807, 2.05) is 12.5 Å². The minimum atomic E-state index is -0.168. The molecule has 2 N–H and O–H groups in total. The second-order valence-electron chi connectivity index (χ2n) is 4.79. The van der Waals surface area contributed by atoms with Crippen LogP contribution in [-0.2, 0) is 6.54 Å². The summed E-state index contributed by atoms with van der Waals surface area (Å²) < 4.78 is 2.06. The summed E-state index contributed by atoms with van der Waals surface area (Å²) in [6.07, 6.45) is 9.85. The largest absolute Gasteiger partial charge is 0.392 e. The van der Waals surface area contributed by atoms with Crippen molar-refractivity contribution in [3.05, 3.63) is 18.7 Å². The molecule has 4 nitrogen and oxygen atoms in total. The van der Waals surface area contributed by atoms with Crippen LogP contribution in [-0.4, -0.2) is 32.8 Å².